The molecule has 0 amide bonds. The van der Waals surface area contributed by atoms with E-state index in [9.17, 15) is 9.59 Å². The molecule has 1 aromatic carbocycles. The molecule has 0 radical (unpaired) electrons. The van der Waals surface area contributed by atoms with E-state index < -0.39 is 17.3 Å². The van der Waals surface area contributed by atoms with Gasteiger partial charge in [0.15, 0.2) is 5.41 Å². The number of aliphatic carboxylic acids is 1. The molecule has 17 heavy (non-hydrogen) atoms. The zero-order valence-electron chi connectivity index (χ0n) is 9.46. The molecular formula is C13H13NO3. The lowest BCUT2D eigenvalue weighted by Crippen LogP contribution is -2.36. The SMILES string of the molecule is C[C@@](C#N)(C(=O)O)[C@H](C=O)Cc1ccccc1. The van der Waals surface area contributed by atoms with Crippen molar-refractivity contribution in [1.29, 1.82) is 5.26 Å². The highest BCUT2D eigenvalue weighted by atomic mass is 16.4. The summed E-state index contributed by atoms with van der Waals surface area (Å²) in [6.07, 6.45) is 0.797. The number of carbonyl (C=O) groups excluding carboxylic acids is 1. The average molecular weight is 231 g/mol. The number of aldehydes is 1. The van der Waals surface area contributed by atoms with Crippen LogP contribution in [0.25, 0.3) is 0 Å². The van der Waals surface area contributed by atoms with Gasteiger partial charge in [-0.1, -0.05) is 30.3 Å². The maximum absolute atomic E-state index is 11.1. The maximum atomic E-state index is 11.1. The summed E-state index contributed by atoms with van der Waals surface area (Å²) in [5.41, 5.74) is -0.843. The van der Waals surface area contributed by atoms with Gasteiger partial charge in [0.25, 0.3) is 0 Å². The van der Waals surface area contributed by atoms with Gasteiger partial charge in [0.1, 0.15) is 6.29 Å². The number of benzene rings is 1. The molecule has 0 saturated heterocycles. The molecule has 88 valence electrons. The van der Waals surface area contributed by atoms with Crippen LogP contribution in [-0.4, -0.2) is 17.4 Å². The second kappa shape index (κ2) is 5.26. The fourth-order valence-corrected chi connectivity index (χ4v) is 1.55. The molecule has 0 bridgehead atoms. The van der Waals surface area contributed by atoms with E-state index in [0.717, 1.165) is 5.56 Å². The molecule has 4 nitrogen and oxygen atoms in total. The van der Waals surface area contributed by atoms with Crippen LogP contribution in [0.2, 0.25) is 0 Å². The quantitative estimate of drug-likeness (QED) is 0.781. The molecule has 0 unspecified atom stereocenters. The number of hydrogen-bond donors (Lipinski definition) is 1. The van der Waals surface area contributed by atoms with Gasteiger partial charge in [0.05, 0.1) is 6.07 Å². The zero-order chi connectivity index (χ0) is 12.9. The summed E-state index contributed by atoms with van der Waals surface area (Å²) in [6, 6.07) is 10.8. The van der Waals surface area contributed by atoms with Crippen LogP contribution in [0, 0.1) is 22.7 Å². The van der Waals surface area contributed by atoms with Gasteiger partial charge in [-0.15, -0.1) is 0 Å². The molecule has 1 rings (SSSR count). The predicted molar refractivity (Wildman–Crippen MR) is 61.1 cm³/mol. The molecule has 0 spiro atoms. The molecule has 1 aromatic rings. The van der Waals surface area contributed by atoms with E-state index in [1.165, 1.54) is 6.92 Å². The van der Waals surface area contributed by atoms with E-state index in [-0.39, 0.29) is 6.42 Å². The van der Waals surface area contributed by atoms with Gasteiger partial charge in [-0.05, 0) is 18.9 Å². The van der Waals surface area contributed by atoms with Gasteiger partial charge in [0.2, 0.25) is 0 Å². The van der Waals surface area contributed by atoms with Crippen molar-refractivity contribution in [3.05, 3.63) is 35.9 Å². The first-order valence-corrected chi connectivity index (χ1v) is 5.18. The molecular weight excluding hydrogens is 218 g/mol. The Morgan fingerprint density at radius 2 is 2.12 bits per heavy atom. The predicted octanol–water partition coefficient (Wildman–Crippen LogP) is 1.66. The fraction of sp³-hybridized carbons (Fsp3) is 0.308. The van der Waals surface area contributed by atoms with Crippen molar-refractivity contribution in [2.24, 2.45) is 11.3 Å². The van der Waals surface area contributed by atoms with Crippen molar-refractivity contribution in [2.45, 2.75) is 13.3 Å². The Morgan fingerprint density at radius 3 is 2.53 bits per heavy atom. The molecule has 4 heteroatoms. The second-order valence-corrected chi connectivity index (χ2v) is 4.05. The van der Waals surface area contributed by atoms with Gasteiger partial charge in [-0.3, -0.25) is 4.79 Å². The van der Waals surface area contributed by atoms with Crippen LogP contribution >= 0.6 is 0 Å². The van der Waals surface area contributed by atoms with Crippen LogP contribution < -0.4 is 0 Å². The Bertz CT molecular complexity index is 449. The van der Waals surface area contributed by atoms with Gasteiger partial charge >= 0.3 is 5.97 Å². The molecule has 2 atom stereocenters. The highest BCUT2D eigenvalue weighted by molar-refractivity contribution is 5.82. The third kappa shape index (κ3) is 2.70. The third-order valence-electron chi connectivity index (χ3n) is 2.88. The summed E-state index contributed by atoms with van der Waals surface area (Å²) in [5, 5.41) is 18.0. The highest BCUT2D eigenvalue weighted by Gasteiger charge is 2.41. The van der Waals surface area contributed by atoms with Crippen LogP contribution in [0.5, 0.6) is 0 Å². The smallest absolute Gasteiger partial charge is 0.324 e. The minimum absolute atomic E-state index is 0.251. The van der Waals surface area contributed by atoms with Crippen molar-refractivity contribution in [3.63, 3.8) is 0 Å². The molecule has 0 aliphatic carbocycles. The molecule has 1 N–H and O–H groups in total. The van der Waals surface area contributed by atoms with Crippen molar-refractivity contribution in [2.75, 3.05) is 0 Å². The van der Waals surface area contributed by atoms with Gasteiger partial charge < -0.3 is 9.90 Å². The number of rotatable bonds is 5. The second-order valence-electron chi connectivity index (χ2n) is 4.05. The van der Waals surface area contributed by atoms with Crippen molar-refractivity contribution in [1.82, 2.24) is 0 Å². The Labute approximate surface area is 99.5 Å². The lowest BCUT2D eigenvalue weighted by Gasteiger charge is -2.23. The molecule has 0 fully saturated rings. The number of carbonyl (C=O) groups is 2. The zero-order valence-corrected chi connectivity index (χ0v) is 9.46. The first kappa shape index (κ1) is 12.9. The Hall–Kier alpha value is -2.15. The molecule has 0 saturated carbocycles. The van der Waals surface area contributed by atoms with E-state index in [1.807, 2.05) is 18.2 Å². The maximum Gasteiger partial charge on any atom is 0.324 e. The van der Waals surface area contributed by atoms with E-state index in [4.69, 9.17) is 10.4 Å². The van der Waals surface area contributed by atoms with Crippen LogP contribution in [-0.2, 0) is 16.0 Å². The third-order valence-corrected chi connectivity index (χ3v) is 2.88. The Morgan fingerprint density at radius 1 is 1.53 bits per heavy atom. The van der Waals surface area contributed by atoms with Crippen molar-refractivity contribution in [3.8, 4) is 6.07 Å². The van der Waals surface area contributed by atoms with Crippen molar-refractivity contribution < 1.29 is 14.7 Å². The van der Waals surface area contributed by atoms with Gasteiger partial charge in [0, 0.05) is 5.92 Å². The molecule has 0 aliphatic rings. The summed E-state index contributed by atoms with van der Waals surface area (Å²) in [6.45, 7) is 1.28. The minimum Gasteiger partial charge on any atom is -0.480 e. The van der Waals surface area contributed by atoms with Crippen molar-refractivity contribution >= 4 is 12.3 Å². The van der Waals surface area contributed by atoms with Gasteiger partial charge in [-0.25, -0.2) is 0 Å². The molecule has 0 heterocycles. The highest BCUT2D eigenvalue weighted by Crippen LogP contribution is 2.28. The summed E-state index contributed by atoms with van der Waals surface area (Å²) in [7, 11) is 0. The number of carboxylic acid groups (broad SMARTS) is 1. The number of nitriles is 1. The van der Waals surface area contributed by atoms with Crippen LogP contribution in [0.3, 0.4) is 0 Å². The summed E-state index contributed by atoms with van der Waals surface area (Å²) in [4.78, 5) is 22.1. The standard InChI is InChI=1S/C13H13NO3/c1-13(9-14,12(16)17)11(8-15)7-10-5-3-2-4-6-10/h2-6,8,11H,7H2,1H3,(H,16,17)/t11-,13-/m0/s1. The number of hydrogen-bond acceptors (Lipinski definition) is 3. The molecule has 0 aliphatic heterocycles. The lowest BCUT2D eigenvalue weighted by atomic mass is 9.76. The lowest BCUT2D eigenvalue weighted by molar-refractivity contribution is -0.148. The topological polar surface area (TPSA) is 78.2 Å². The van der Waals surface area contributed by atoms with E-state index in [1.54, 1.807) is 18.2 Å². The normalized spacial score (nSPS) is 15.3. The minimum atomic E-state index is -1.68. The Kier molecular flexibility index (Phi) is 4.00. The number of nitrogens with zero attached hydrogens (tertiary/aromatic N) is 1. The van der Waals surface area contributed by atoms with Gasteiger partial charge in [-0.2, -0.15) is 5.26 Å². The van der Waals surface area contributed by atoms with E-state index >= 15 is 0 Å². The van der Waals surface area contributed by atoms with Crippen LogP contribution in [0.1, 0.15) is 12.5 Å². The summed E-state index contributed by atoms with van der Waals surface area (Å²) < 4.78 is 0. The number of carboxylic acids is 1. The fourth-order valence-electron chi connectivity index (χ4n) is 1.55. The van der Waals surface area contributed by atoms with E-state index in [2.05, 4.69) is 0 Å². The first-order chi connectivity index (χ1) is 8.04. The average Bonchev–Trinajstić information content (AvgIpc) is 2.36. The largest absolute Gasteiger partial charge is 0.480 e. The van der Waals surface area contributed by atoms with Crippen LogP contribution in [0.15, 0.2) is 30.3 Å². The van der Waals surface area contributed by atoms with E-state index in [0.29, 0.717) is 6.29 Å². The molecule has 0 aromatic heterocycles. The van der Waals surface area contributed by atoms with Crippen LogP contribution in [0.4, 0.5) is 0 Å². The monoisotopic (exact) mass is 231 g/mol. The first-order valence-electron chi connectivity index (χ1n) is 5.18. The summed E-state index contributed by atoms with van der Waals surface area (Å²) in [5.74, 6) is -2.12. The summed E-state index contributed by atoms with van der Waals surface area (Å²) >= 11 is 0. The Balaban J connectivity index is 2.97.